The van der Waals surface area contributed by atoms with E-state index in [1.165, 1.54) is 19.3 Å². The molecule has 0 heteroatoms. The molecule has 0 saturated heterocycles. The molecule has 16 heavy (non-hydrogen) atoms. The average Bonchev–Trinajstić information content (AvgIpc) is 3.02. The molecule has 1 aromatic carbocycles. The van der Waals surface area contributed by atoms with Gasteiger partial charge in [0.1, 0.15) is 0 Å². The number of fused-ring (bicyclic) bond motifs is 5. The Morgan fingerprint density at radius 1 is 0.938 bits per heavy atom. The fraction of sp³-hybridized carbons (Fsp3) is 0.500. The Hall–Kier alpha value is -1.04. The van der Waals surface area contributed by atoms with Crippen molar-refractivity contribution in [3.05, 3.63) is 48.0 Å². The fourth-order valence-corrected chi connectivity index (χ4v) is 4.63. The van der Waals surface area contributed by atoms with Gasteiger partial charge >= 0.3 is 0 Å². The van der Waals surface area contributed by atoms with Crippen molar-refractivity contribution in [2.75, 3.05) is 0 Å². The molecule has 82 valence electrons. The molecule has 5 unspecified atom stereocenters. The lowest BCUT2D eigenvalue weighted by Gasteiger charge is -2.31. The fourth-order valence-electron chi connectivity index (χ4n) is 4.63. The van der Waals surface area contributed by atoms with Crippen molar-refractivity contribution in [3.63, 3.8) is 0 Å². The maximum atomic E-state index is 2.52. The Balaban J connectivity index is 1.67. The summed E-state index contributed by atoms with van der Waals surface area (Å²) in [5, 5.41) is 0. The average molecular weight is 210 g/mol. The number of allylic oxidation sites excluding steroid dienone is 2. The van der Waals surface area contributed by atoms with Crippen LogP contribution < -0.4 is 0 Å². The summed E-state index contributed by atoms with van der Waals surface area (Å²) in [5.74, 6) is 4.77. The zero-order valence-corrected chi connectivity index (χ0v) is 9.55. The number of hydrogen-bond acceptors (Lipinski definition) is 0. The van der Waals surface area contributed by atoms with Gasteiger partial charge in [0.05, 0.1) is 0 Å². The van der Waals surface area contributed by atoms with Gasteiger partial charge in [-0.25, -0.2) is 0 Å². The lowest BCUT2D eigenvalue weighted by atomic mass is 9.73. The standard InChI is InChI=1S/C16H18/c1-2-5-11(6-3-1)15-9-12-10-16(15)14-8-4-7-13(12)14/h1-6,8,12-16H,7,9-10H2. The van der Waals surface area contributed by atoms with Crippen LogP contribution >= 0.6 is 0 Å². The summed E-state index contributed by atoms with van der Waals surface area (Å²) < 4.78 is 0. The van der Waals surface area contributed by atoms with Crippen molar-refractivity contribution >= 4 is 0 Å². The molecule has 2 bridgehead atoms. The molecule has 3 aliphatic rings. The molecule has 0 nitrogen and oxygen atoms in total. The van der Waals surface area contributed by atoms with Gasteiger partial charge in [-0.05, 0) is 54.4 Å². The SMILES string of the molecule is C1=CC2C(C1)C1CC(c3ccccc3)C2C1. The minimum Gasteiger partial charge on any atom is -0.0879 e. The van der Waals surface area contributed by atoms with E-state index in [1.54, 1.807) is 5.56 Å². The van der Waals surface area contributed by atoms with Crippen LogP contribution in [0.4, 0.5) is 0 Å². The molecule has 3 aliphatic carbocycles. The molecule has 1 aromatic rings. The van der Waals surface area contributed by atoms with E-state index in [-0.39, 0.29) is 0 Å². The molecule has 4 rings (SSSR count). The molecular weight excluding hydrogens is 192 g/mol. The lowest BCUT2D eigenvalue weighted by molar-refractivity contribution is 0.257. The molecular formula is C16H18. The molecule has 0 spiro atoms. The third kappa shape index (κ3) is 1.10. The van der Waals surface area contributed by atoms with E-state index in [1.807, 2.05) is 0 Å². The van der Waals surface area contributed by atoms with Gasteiger partial charge in [-0.2, -0.15) is 0 Å². The minimum atomic E-state index is 0.857. The largest absolute Gasteiger partial charge is 0.0879 e. The summed E-state index contributed by atoms with van der Waals surface area (Å²) in [5.41, 5.74) is 1.59. The van der Waals surface area contributed by atoms with Crippen molar-refractivity contribution in [1.82, 2.24) is 0 Å². The zero-order chi connectivity index (χ0) is 10.5. The summed E-state index contributed by atoms with van der Waals surface area (Å²) >= 11 is 0. The molecule has 0 heterocycles. The molecule has 0 aliphatic heterocycles. The smallest absolute Gasteiger partial charge is 0.0125 e. The Labute approximate surface area is 97.4 Å². The van der Waals surface area contributed by atoms with Crippen LogP contribution in [0.5, 0.6) is 0 Å². The third-order valence-corrected chi connectivity index (χ3v) is 5.24. The van der Waals surface area contributed by atoms with Gasteiger partial charge in [0.25, 0.3) is 0 Å². The maximum Gasteiger partial charge on any atom is -0.0125 e. The Kier molecular flexibility index (Phi) is 1.82. The Morgan fingerprint density at radius 3 is 2.69 bits per heavy atom. The first-order chi connectivity index (χ1) is 7.93. The normalized spacial score (nSPS) is 43.9. The minimum absolute atomic E-state index is 0.857. The second-order valence-corrected chi connectivity index (χ2v) is 5.82. The number of rotatable bonds is 1. The van der Waals surface area contributed by atoms with Gasteiger partial charge in [0.2, 0.25) is 0 Å². The molecule has 0 radical (unpaired) electrons. The van der Waals surface area contributed by atoms with E-state index < -0.39 is 0 Å². The predicted molar refractivity (Wildman–Crippen MR) is 66.1 cm³/mol. The highest BCUT2D eigenvalue weighted by molar-refractivity contribution is 5.26. The zero-order valence-electron chi connectivity index (χ0n) is 9.55. The highest BCUT2D eigenvalue weighted by atomic mass is 14.6. The third-order valence-electron chi connectivity index (χ3n) is 5.24. The van der Waals surface area contributed by atoms with E-state index in [4.69, 9.17) is 0 Å². The number of benzene rings is 1. The highest BCUT2D eigenvalue weighted by Crippen LogP contribution is 2.61. The van der Waals surface area contributed by atoms with Crippen molar-refractivity contribution in [3.8, 4) is 0 Å². The van der Waals surface area contributed by atoms with Crippen LogP contribution in [0.25, 0.3) is 0 Å². The molecule has 0 amide bonds. The Bertz CT molecular complexity index is 417. The molecule has 2 saturated carbocycles. The first kappa shape index (κ1) is 9.04. The molecule has 0 aromatic heterocycles. The topological polar surface area (TPSA) is 0 Å². The van der Waals surface area contributed by atoms with Crippen molar-refractivity contribution in [2.24, 2.45) is 23.7 Å². The second kappa shape index (κ2) is 3.23. The lowest BCUT2D eigenvalue weighted by Crippen LogP contribution is -2.23. The van der Waals surface area contributed by atoms with Crippen LogP contribution in [0.3, 0.4) is 0 Å². The van der Waals surface area contributed by atoms with Crippen LogP contribution in [-0.4, -0.2) is 0 Å². The molecule has 0 N–H and O–H groups in total. The Morgan fingerprint density at radius 2 is 1.81 bits per heavy atom. The first-order valence-corrected chi connectivity index (χ1v) is 6.65. The number of hydrogen-bond donors (Lipinski definition) is 0. The summed E-state index contributed by atoms with van der Waals surface area (Å²) in [7, 11) is 0. The molecule has 5 atom stereocenters. The van der Waals surface area contributed by atoms with Crippen LogP contribution in [0.2, 0.25) is 0 Å². The van der Waals surface area contributed by atoms with Crippen LogP contribution in [0, 0.1) is 23.7 Å². The highest BCUT2D eigenvalue weighted by Gasteiger charge is 2.52. The van der Waals surface area contributed by atoms with E-state index in [9.17, 15) is 0 Å². The van der Waals surface area contributed by atoms with Gasteiger partial charge < -0.3 is 0 Å². The van der Waals surface area contributed by atoms with Crippen LogP contribution in [-0.2, 0) is 0 Å². The summed E-state index contributed by atoms with van der Waals surface area (Å²) in [6.45, 7) is 0. The van der Waals surface area contributed by atoms with Crippen molar-refractivity contribution in [1.29, 1.82) is 0 Å². The van der Waals surface area contributed by atoms with E-state index in [2.05, 4.69) is 42.5 Å². The van der Waals surface area contributed by atoms with Gasteiger partial charge in [-0.3, -0.25) is 0 Å². The van der Waals surface area contributed by atoms with E-state index in [0.29, 0.717) is 0 Å². The second-order valence-electron chi connectivity index (χ2n) is 5.82. The summed E-state index contributed by atoms with van der Waals surface area (Å²) in [6, 6.07) is 11.2. The van der Waals surface area contributed by atoms with Crippen molar-refractivity contribution < 1.29 is 0 Å². The summed E-state index contributed by atoms with van der Waals surface area (Å²) in [4.78, 5) is 0. The monoisotopic (exact) mass is 210 g/mol. The van der Waals surface area contributed by atoms with Crippen molar-refractivity contribution in [2.45, 2.75) is 25.2 Å². The van der Waals surface area contributed by atoms with Gasteiger partial charge in [0, 0.05) is 0 Å². The first-order valence-electron chi connectivity index (χ1n) is 6.65. The maximum absolute atomic E-state index is 2.52. The molecule has 2 fully saturated rings. The van der Waals surface area contributed by atoms with E-state index in [0.717, 1.165) is 29.6 Å². The van der Waals surface area contributed by atoms with E-state index >= 15 is 0 Å². The predicted octanol–water partition coefficient (Wildman–Crippen LogP) is 4.00. The van der Waals surface area contributed by atoms with Gasteiger partial charge in [0.15, 0.2) is 0 Å². The van der Waals surface area contributed by atoms with Crippen LogP contribution in [0.1, 0.15) is 30.7 Å². The van der Waals surface area contributed by atoms with Gasteiger partial charge in [-0.1, -0.05) is 42.5 Å². The quantitative estimate of drug-likeness (QED) is 0.614. The van der Waals surface area contributed by atoms with Crippen LogP contribution in [0.15, 0.2) is 42.5 Å². The van der Waals surface area contributed by atoms with Gasteiger partial charge in [-0.15, -0.1) is 0 Å². The summed E-state index contributed by atoms with van der Waals surface area (Å²) in [6.07, 6.45) is 9.27.